The summed E-state index contributed by atoms with van der Waals surface area (Å²) in [4.78, 5) is 0. The summed E-state index contributed by atoms with van der Waals surface area (Å²) in [5.74, 6) is 0. The molecule has 0 unspecified atom stereocenters. The number of piperidine rings is 1. The van der Waals surface area contributed by atoms with Gasteiger partial charge < -0.3 is 0 Å². The third kappa shape index (κ3) is 2.14. The van der Waals surface area contributed by atoms with Gasteiger partial charge in [0.1, 0.15) is 0 Å². The smallest absolute Gasteiger partial charge is 0.203 e. The Hall–Kier alpha value is -0.300. The van der Waals surface area contributed by atoms with Gasteiger partial charge >= 0.3 is 15.5 Å². The Kier molecular flexibility index (Phi) is 2.86. The van der Waals surface area contributed by atoms with Crippen molar-refractivity contribution in [3.8, 4) is 0 Å². The lowest BCUT2D eigenvalue weighted by atomic mass is 10.2. The van der Waals surface area contributed by atoms with E-state index in [1.165, 1.54) is 0 Å². The lowest BCUT2D eigenvalue weighted by Crippen LogP contribution is -2.43. The zero-order valence-electron chi connectivity index (χ0n) is 6.84. The minimum absolute atomic E-state index is 0.0121. The van der Waals surface area contributed by atoms with Crippen LogP contribution in [0.3, 0.4) is 0 Å². The van der Waals surface area contributed by atoms with Gasteiger partial charge in [-0.1, -0.05) is 6.42 Å². The third-order valence-corrected chi connectivity index (χ3v) is 3.58. The van der Waals surface area contributed by atoms with Gasteiger partial charge in [0.25, 0.3) is 0 Å². The van der Waals surface area contributed by atoms with Gasteiger partial charge in [-0.25, -0.2) is 8.42 Å². The number of hydrogen-bond donors (Lipinski definition) is 0. The molecule has 0 amide bonds. The average molecular weight is 217 g/mol. The van der Waals surface area contributed by atoms with E-state index in [0.29, 0.717) is 17.1 Å². The first-order valence-corrected chi connectivity index (χ1v) is 5.36. The van der Waals surface area contributed by atoms with Gasteiger partial charge in [-0.2, -0.15) is 17.5 Å². The van der Waals surface area contributed by atoms with Crippen molar-refractivity contribution in [3.05, 3.63) is 0 Å². The Morgan fingerprint density at radius 2 is 1.46 bits per heavy atom. The maximum absolute atomic E-state index is 12.0. The highest BCUT2D eigenvalue weighted by Crippen LogP contribution is 2.28. The molecule has 1 rings (SSSR count). The van der Waals surface area contributed by atoms with Crippen LogP contribution in [0.5, 0.6) is 0 Å². The number of hydrogen-bond acceptors (Lipinski definition) is 2. The van der Waals surface area contributed by atoms with Crippen molar-refractivity contribution in [1.29, 1.82) is 0 Å². The quantitative estimate of drug-likeness (QED) is 0.664. The second kappa shape index (κ2) is 3.45. The standard InChI is InChI=1S/C6H10F3NO2S/c7-6(8,9)13(11,12)10-4-2-1-3-5-10/h1-5H2. The predicted molar refractivity (Wildman–Crippen MR) is 40.4 cm³/mol. The molecule has 0 aromatic heterocycles. The van der Waals surface area contributed by atoms with Crippen LogP contribution in [0.1, 0.15) is 19.3 Å². The second-order valence-electron chi connectivity index (χ2n) is 2.91. The van der Waals surface area contributed by atoms with Crippen LogP contribution in [0.25, 0.3) is 0 Å². The normalized spacial score (nSPS) is 21.8. The molecule has 0 N–H and O–H groups in total. The van der Waals surface area contributed by atoms with Gasteiger partial charge in [0, 0.05) is 13.1 Å². The Morgan fingerprint density at radius 3 is 1.85 bits per heavy atom. The average Bonchev–Trinajstić information content (AvgIpc) is 2.04. The topological polar surface area (TPSA) is 37.4 Å². The highest BCUT2D eigenvalue weighted by molar-refractivity contribution is 7.90. The lowest BCUT2D eigenvalue weighted by Gasteiger charge is -2.26. The summed E-state index contributed by atoms with van der Waals surface area (Å²) < 4.78 is 58.1. The van der Waals surface area contributed by atoms with Crippen molar-refractivity contribution in [1.82, 2.24) is 4.31 Å². The van der Waals surface area contributed by atoms with Crippen molar-refractivity contribution in [3.63, 3.8) is 0 Å². The van der Waals surface area contributed by atoms with Crippen molar-refractivity contribution < 1.29 is 21.6 Å². The molecule has 1 aliphatic rings. The van der Waals surface area contributed by atoms with Crippen LogP contribution in [0.4, 0.5) is 13.2 Å². The molecule has 1 saturated heterocycles. The number of nitrogens with zero attached hydrogens (tertiary/aromatic N) is 1. The molecular weight excluding hydrogens is 207 g/mol. The number of rotatable bonds is 1. The molecule has 0 radical (unpaired) electrons. The van der Waals surface area contributed by atoms with Gasteiger partial charge in [0.05, 0.1) is 0 Å². The van der Waals surface area contributed by atoms with E-state index < -0.39 is 15.5 Å². The van der Waals surface area contributed by atoms with Gasteiger partial charge in [-0.15, -0.1) is 0 Å². The van der Waals surface area contributed by atoms with Crippen LogP contribution in [-0.4, -0.2) is 31.3 Å². The maximum atomic E-state index is 12.0. The van der Waals surface area contributed by atoms with Crippen LogP contribution >= 0.6 is 0 Å². The zero-order valence-corrected chi connectivity index (χ0v) is 7.66. The molecule has 0 atom stereocenters. The van der Waals surface area contributed by atoms with Crippen molar-refractivity contribution >= 4 is 10.0 Å². The van der Waals surface area contributed by atoms with E-state index >= 15 is 0 Å². The van der Waals surface area contributed by atoms with E-state index in [0.717, 1.165) is 6.42 Å². The molecule has 0 aromatic rings. The molecule has 13 heavy (non-hydrogen) atoms. The van der Waals surface area contributed by atoms with E-state index in [1.807, 2.05) is 0 Å². The Bertz CT molecular complexity index is 266. The molecular formula is C6H10F3NO2S. The Morgan fingerprint density at radius 1 is 1.00 bits per heavy atom. The minimum atomic E-state index is -5.15. The number of sulfonamides is 1. The fourth-order valence-electron chi connectivity index (χ4n) is 1.25. The molecule has 1 fully saturated rings. The molecule has 3 nitrogen and oxygen atoms in total. The van der Waals surface area contributed by atoms with Gasteiger partial charge in [0.15, 0.2) is 0 Å². The second-order valence-corrected chi connectivity index (χ2v) is 4.84. The fourth-order valence-corrected chi connectivity index (χ4v) is 2.28. The highest BCUT2D eigenvalue weighted by atomic mass is 32.2. The molecule has 0 aromatic carbocycles. The number of halogens is 3. The monoisotopic (exact) mass is 217 g/mol. The summed E-state index contributed by atoms with van der Waals surface area (Å²) in [5, 5.41) is 0. The van der Waals surface area contributed by atoms with Crippen molar-refractivity contribution in [2.45, 2.75) is 24.8 Å². The molecule has 78 valence electrons. The largest absolute Gasteiger partial charge is 0.511 e. The molecule has 1 heterocycles. The molecule has 7 heteroatoms. The molecule has 0 saturated carbocycles. The first-order chi connectivity index (χ1) is 5.86. The van der Waals surface area contributed by atoms with E-state index in [2.05, 4.69) is 0 Å². The summed E-state index contributed by atoms with van der Waals surface area (Å²) in [6, 6.07) is 0. The van der Waals surface area contributed by atoms with Crippen LogP contribution in [0.15, 0.2) is 0 Å². The van der Waals surface area contributed by atoms with Crippen LogP contribution < -0.4 is 0 Å². The van der Waals surface area contributed by atoms with E-state index in [1.54, 1.807) is 0 Å². The number of alkyl halides is 3. The first kappa shape index (κ1) is 10.8. The summed E-state index contributed by atoms with van der Waals surface area (Å²) in [6.45, 7) is -0.0241. The van der Waals surface area contributed by atoms with Crippen molar-refractivity contribution in [2.75, 3.05) is 13.1 Å². The summed E-state index contributed by atoms with van der Waals surface area (Å²) >= 11 is 0. The molecule has 1 aliphatic heterocycles. The highest BCUT2D eigenvalue weighted by Gasteiger charge is 2.49. The Labute approximate surface area is 74.6 Å². The van der Waals surface area contributed by atoms with E-state index in [-0.39, 0.29) is 13.1 Å². The maximum Gasteiger partial charge on any atom is 0.511 e. The SMILES string of the molecule is O=S(=O)(N1CCCCC1)C(F)(F)F. The van der Waals surface area contributed by atoms with Crippen molar-refractivity contribution in [2.24, 2.45) is 0 Å². The molecule has 0 spiro atoms. The fraction of sp³-hybridized carbons (Fsp3) is 1.00. The van der Waals surface area contributed by atoms with Crippen LogP contribution in [-0.2, 0) is 10.0 Å². The first-order valence-electron chi connectivity index (χ1n) is 3.92. The summed E-state index contributed by atoms with van der Waals surface area (Å²) in [6.07, 6.45) is 1.81. The van der Waals surface area contributed by atoms with Crippen LogP contribution in [0, 0.1) is 0 Å². The Balaban J connectivity index is 2.80. The van der Waals surface area contributed by atoms with Gasteiger partial charge in [-0.3, -0.25) is 0 Å². The minimum Gasteiger partial charge on any atom is -0.203 e. The zero-order chi connectivity index (χ0) is 10.1. The van der Waals surface area contributed by atoms with Gasteiger partial charge in [0.2, 0.25) is 0 Å². The van der Waals surface area contributed by atoms with E-state index in [4.69, 9.17) is 0 Å². The molecule has 0 bridgehead atoms. The van der Waals surface area contributed by atoms with Crippen LogP contribution in [0.2, 0.25) is 0 Å². The van der Waals surface area contributed by atoms with Gasteiger partial charge in [-0.05, 0) is 12.8 Å². The third-order valence-electron chi connectivity index (χ3n) is 1.95. The lowest BCUT2D eigenvalue weighted by molar-refractivity contribution is -0.0493. The summed E-state index contributed by atoms with van der Waals surface area (Å²) in [7, 11) is -5.07. The molecule has 0 aliphatic carbocycles. The predicted octanol–water partition coefficient (Wildman–Crippen LogP) is 1.32. The summed E-state index contributed by atoms with van der Waals surface area (Å²) in [5.41, 5.74) is -5.15. The van der Waals surface area contributed by atoms with E-state index in [9.17, 15) is 21.6 Å².